The summed E-state index contributed by atoms with van der Waals surface area (Å²) in [5, 5.41) is 37.3. The summed E-state index contributed by atoms with van der Waals surface area (Å²) in [5.74, 6) is -3.45. The number of hydrogen-bond acceptors (Lipinski definition) is 6. The second kappa shape index (κ2) is 9.25. The summed E-state index contributed by atoms with van der Waals surface area (Å²) in [7, 11) is 0. The largest absolute Gasteiger partial charge is 0.480 e. The van der Waals surface area contributed by atoms with Crippen molar-refractivity contribution in [2.75, 3.05) is 32.8 Å². The van der Waals surface area contributed by atoms with E-state index in [9.17, 15) is 14.4 Å². The van der Waals surface area contributed by atoms with E-state index in [0.29, 0.717) is 0 Å². The maximum atomic E-state index is 10.6. The molecule has 1 unspecified atom stereocenters. The fraction of sp³-hybridized carbons (Fsp3) is 0.700. The number of aliphatic carboxylic acids is 3. The van der Waals surface area contributed by atoms with Crippen LogP contribution in [-0.2, 0) is 14.4 Å². The van der Waals surface area contributed by atoms with E-state index >= 15 is 0 Å². The Morgan fingerprint density at radius 1 is 1.00 bits per heavy atom. The average molecular weight is 278 g/mol. The number of hydrogen-bond donors (Lipinski definition) is 5. The Kier molecular flexibility index (Phi) is 8.42. The predicted octanol–water partition coefficient (Wildman–Crippen LogP) is -2.12. The van der Waals surface area contributed by atoms with Gasteiger partial charge in [-0.2, -0.15) is 0 Å². The number of carboxylic acid groups (broad SMARTS) is 3. The van der Waals surface area contributed by atoms with Crippen LogP contribution in [0.4, 0.5) is 0 Å². The molecular weight excluding hydrogens is 260 g/mol. The van der Waals surface area contributed by atoms with E-state index in [1.54, 1.807) is 0 Å². The van der Waals surface area contributed by atoms with Crippen LogP contribution in [-0.4, -0.2) is 82.1 Å². The average Bonchev–Trinajstić information content (AvgIpc) is 2.24. The van der Waals surface area contributed by atoms with Gasteiger partial charge in [-0.3, -0.25) is 19.3 Å². The summed E-state index contributed by atoms with van der Waals surface area (Å²) < 4.78 is 0. The van der Waals surface area contributed by atoms with Gasteiger partial charge in [-0.1, -0.05) is 0 Å². The molecule has 0 heterocycles. The molecule has 0 aromatic heterocycles. The van der Waals surface area contributed by atoms with Crippen LogP contribution < -0.4 is 5.32 Å². The smallest absolute Gasteiger partial charge is 0.317 e. The molecule has 0 aromatic rings. The molecule has 0 amide bonds. The van der Waals surface area contributed by atoms with Gasteiger partial charge in [0, 0.05) is 19.2 Å². The van der Waals surface area contributed by atoms with Gasteiger partial charge < -0.3 is 25.7 Å². The van der Waals surface area contributed by atoms with Crippen LogP contribution in [0.1, 0.15) is 6.42 Å². The summed E-state index contributed by atoms with van der Waals surface area (Å²) in [4.78, 5) is 32.8. The van der Waals surface area contributed by atoms with E-state index in [1.165, 1.54) is 0 Å². The van der Waals surface area contributed by atoms with Gasteiger partial charge in [0.2, 0.25) is 0 Å². The molecule has 110 valence electrons. The van der Waals surface area contributed by atoms with Crippen molar-refractivity contribution in [3.05, 3.63) is 0 Å². The molecule has 0 spiro atoms. The molecule has 0 aliphatic heterocycles. The van der Waals surface area contributed by atoms with Crippen molar-refractivity contribution in [3.63, 3.8) is 0 Å². The molecule has 0 rings (SSSR count). The number of nitrogens with zero attached hydrogens (tertiary/aromatic N) is 1. The minimum absolute atomic E-state index is 0.0203. The standard InChI is InChI=1S/C10H18N2O7/c13-2-1-7(11-3-8(14)15)4-12(5-9(16)17)6-10(18)19/h7,11,13H,1-6H2,(H,14,15)(H,16,17)(H,18,19). The molecule has 0 bridgehead atoms. The molecule has 0 aromatic carbocycles. The Balaban J connectivity index is 4.47. The highest BCUT2D eigenvalue weighted by Crippen LogP contribution is 1.98. The molecule has 0 radical (unpaired) electrons. The third kappa shape index (κ3) is 9.94. The van der Waals surface area contributed by atoms with Gasteiger partial charge in [0.05, 0.1) is 19.6 Å². The molecule has 19 heavy (non-hydrogen) atoms. The summed E-state index contributed by atoms with van der Waals surface area (Å²) in [6.45, 7) is -1.48. The maximum absolute atomic E-state index is 10.6. The Morgan fingerprint density at radius 2 is 1.53 bits per heavy atom. The van der Waals surface area contributed by atoms with Gasteiger partial charge in [-0.25, -0.2) is 0 Å². The Morgan fingerprint density at radius 3 is 1.89 bits per heavy atom. The summed E-state index contributed by atoms with van der Waals surface area (Å²) in [5.41, 5.74) is 0. The molecule has 9 heteroatoms. The molecule has 0 aliphatic rings. The van der Waals surface area contributed by atoms with Gasteiger partial charge in [0.25, 0.3) is 0 Å². The van der Waals surface area contributed by atoms with Crippen LogP contribution in [0.5, 0.6) is 0 Å². The zero-order valence-corrected chi connectivity index (χ0v) is 10.3. The third-order valence-corrected chi connectivity index (χ3v) is 2.22. The Bertz CT molecular complexity index is 305. The quantitative estimate of drug-likeness (QED) is 0.286. The molecule has 0 saturated carbocycles. The van der Waals surface area contributed by atoms with Gasteiger partial charge in [-0.05, 0) is 6.42 Å². The van der Waals surface area contributed by atoms with E-state index in [2.05, 4.69) is 5.32 Å². The number of aliphatic hydroxyl groups excluding tert-OH is 1. The van der Waals surface area contributed by atoms with Crippen molar-refractivity contribution >= 4 is 17.9 Å². The highest BCUT2D eigenvalue weighted by atomic mass is 16.4. The van der Waals surface area contributed by atoms with Crippen molar-refractivity contribution in [1.29, 1.82) is 0 Å². The zero-order valence-electron chi connectivity index (χ0n) is 10.3. The Labute approximate surface area is 109 Å². The first-order valence-corrected chi connectivity index (χ1v) is 5.57. The summed E-state index contributed by atoms with van der Waals surface area (Å²) in [6, 6.07) is -0.500. The molecule has 1 atom stereocenters. The zero-order chi connectivity index (χ0) is 14.8. The molecular formula is C10H18N2O7. The van der Waals surface area contributed by atoms with Gasteiger partial charge in [-0.15, -0.1) is 0 Å². The van der Waals surface area contributed by atoms with Crippen molar-refractivity contribution in [1.82, 2.24) is 10.2 Å². The molecule has 0 fully saturated rings. The SMILES string of the molecule is O=C(O)CNC(CCO)CN(CC(=O)O)CC(=O)O. The van der Waals surface area contributed by atoms with Gasteiger partial charge in [0.1, 0.15) is 0 Å². The van der Waals surface area contributed by atoms with Crippen LogP contribution in [0.25, 0.3) is 0 Å². The van der Waals surface area contributed by atoms with E-state index in [-0.39, 0.29) is 26.1 Å². The molecule has 5 N–H and O–H groups in total. The lowest BCUT2D eigenvalue weighted by atomic mass is 10.2. The fourth-order valence-corrected chi connectivity index (χ4v) is 1.52. The van der Waals surface area contributed by atoms with Gasteiger partial charge in [0.15, 0.2) is 0 Å². The molecule has 0 aliphatic carbocycles. The van der Waals surface area contributed by atoms with E-state index < -0.39 is 37.0 Å². The number of carboxylic acids is 3. The first kappa shape index (κ1) is 17.3. The third-order valence-electron chi connectivity index (χ3n) is 2.22. The minimum atomic E-state index is -1.18. The van der Waals surface area contributed by atoms with E-state index in [1.807, 2.05) is 0 Å². The second-order valence-corrected chi connectivity index (χ2v) is 3.94. The van der Waals surface area contributed by atoms with E-state index in [0.717, 1.165) is 4.90 Å². The minimum Gasteiger partial charge on any atom is -0.480 e. The van der Waals surface area contributed by atoms with Crippen molar-refractivity contribution < 1.29 is 34.8 Å². The predicted molar refractivity (Wildman–Crippen MR) is 62.8 cm³/mol. The highest BCUT2D eigenvalue weighted by Gasteiger charge is 2.18. The van der Waals surface area contributed by atoms with Crippen molar-refractivity contribution in [3.8, 4) is 0 Å². The highest BCUT2D eigenvalue weighted by molar-refractivity contribution is 5.72. The van der Waals surface area contributed by atoms with Crippen LogP contribution in [0.3, 0.4) is 0 Å². The van der Waals surface area contributed by atoms with Crippen molar-refractivity contribution in [2.45, 2.75) is 12.5 Å². The van der Waals surface area contributed by atoms with Crippen LogP contribution in [0.15, 0.2) is 0 Å². The summed E-state index contributed by atoms with van der Waals surface area (Å²) in [6.07, 6.45) is 0.197. The van der Waals surface area contributed by atoms with Crippen LogP contribution >= 0.6 is 0 Å². The lowest BCUT2D eigenvalue weighted by molar-refractivity contribution is -0.142. The maximum Gasteiger partial charge on any atom is 0.317 e. The fourth-order valence-electron chi connectivity index (χ4n) is 1.52. The van der Waals surface area contributed by atoms with Gasteiger partial charge >= 0.3 is 17.9 Å². The Hall–Kier alpha value is -1.71. The first-order chi connectivity index (χ1) is 8.85. The monoisotopic (exact) mass is 278 g/mol. The topological polar surface area (TPSA) is 147 Å². The molecule has 0 saturated heterocycles. The van der Waals surface area contributed by atoms with Crippen LogP contribution in [0, 0.1) is 0 Å². The number of carbonyl (C=O) groups is 3. The van der Waals surface area contributed by atoms with Crippen molar-refractivity contribution in [2.24, 2.45) is 0 Å². The number of nitrogens with one attached hydrogen (secondary N) is 1. The van der Waals surface area contributed by atoms with Crippen LogP contribution in [0.2, 0.25) is 0 Å². The number of rotatable bonds is 11. The number of aliphatic hydroxyl groups is 1. The first-order valence-electron chi connectivity index (χ1n) is 5.57. The molecule has 9 nitrogen and oxygen atoms in total. The summed E-state index contributed by atoms with van der Waals surface area (Å²) >= 11 is 0. The van der Waals surface area contributed by atoms with E-state index in [4.69, 9.17) is 20.4 Å². The lowest BCUT2D eigenvalue weighted by Gasteiger charge is -2.24. The normalized spacial score (nSPS) is 12.3. The second-order valence-electron chi connectivity index (χ2n) is 3.94. The lowest BCUT2D eigenvalue weighted by Crippen LogP contribution is -2.46.